The number of ketones is 1. The van der Waals surface area contributed by atoms with E-state index in [1.54, 1.807) is 32.2 Å². The van der Waals surface area contributed by atoms with E-state index in [2.05, 4.69) is 4.98 Å². The van der Waals surface area contributed by atoms with Crippen LogP contribution in [0.15, 0.2) is 29.5 Å². The number of thiazole rings is 1. The minimum atomic E-state index is -0.830. The Balaban J connectivity index is 2.16. The summed E-state index contributed by atoms with van der Waals surface area (Å²) in [5.74, 6) is -0.551. The van der Waals surface area contributed by atoms with E-state index in [0.717, 1.165) is 5.01 Å². The number of hydrogen-bond acceptors (Lipinski definition) is 8. The molecular weight excluding hydrogens is 420 g/mol. The fourth-order valence-corrected chi connectivity index (χ4v) is 4.61. The van der Waals surface area contributed by atoms with Crippen molar-refractivity contribution >= 4 is 23.0 Å². The Bertz CT molecular complexity index is 1030. The largest absolute Gasteiger partial charge is 0.503 e. The predicted octanol–water partition coefficient (Wildman–Crippen LogP) is 3.39. The maximum Gasteiger partial charge on any atom is 0.290 e. The van der Waals surface area contributed by atoms with Crippen LogP contribution in [0.25, 0.3) is 0 Å². The number of methoxy groups -OCH3 is 3. The number of rotatable bonds is 9. The number of carbonyl (C=O) groups excluding carboxylic acids is 2. The van der Waals surface area contributed by atoms with Crippen LogP contribution in [-0.2, 0) is 9.53 Å². The zero-order valence-corrected chi connectivity index (χ0v) is 19.0. The molecule has 1 aliphatic heterocycles. The second kappa shape index (κ2) is 9.49. The molecule has 2 aromatic rings. The predicted molar refractivity (Wildman–Crippen MR) is 116 cm³/mol. The molecule has 1 aliphatic rings. The van der Waals surface area contributed by atoms with Gasteiger partial charge < -0.3 is 24.2 Å². The van der Waals surface area contributed by atoms with Gasteiger partial charge in [0, 0.05) is 25.8 Å². The van der Waals surface area contributed by atoms with Gasteiger partial charge >= 0.3 is 0 Å². The van der Waals surface area contributed by atoms with Crippen LogP contribution < -0.4 is 9.47 Å². The van der Waals surface area contributed by atoms with Gasteiger partial charge in [0.2, 0.25) is 5.78 Å². The number of amides is 1. The van der Waals surface area contributed by atoms with Crippen molar-refractivity contribution in [3.8, 4) is 11.5 Å². The van der Waals surface area contributed by atoms with Crippen LogP contribution in [0.4, 0.5) is 0 Å². The van der Waals surface area contributed by atoms with E-state index < -0.39 is 23.5 Å². The van der Waals surface area contributed by atoms with Gasteiger partial charge in [0.25, 0.3) is 5.91 Å². The van der Waals surface area contributed by atoms with E-state index in [1.807, 2.05) is 6.92 Å². The van der Waals surface area contributed by atoms with Crippen LogP contribution >= 0.6 is 11.3 Å². The van der Waals surface area contributed by atoms with Crippen molar-refractivity contribution in [1.82, 2.24) is 9.88 Å². The summed E-state index contributed by atoms with van der Waals surface area (Å²) in [6.07, 6.45) is 0.540. The molecule has 1 unspecified atom stereocenters. The fourth-order valence-electron chi connectivity index (χ4n) is 3.74. The number of carbonyl (C=O) groups is 2. The van der Waals surface area contributed by atoms with Gasteiger partial charge in [-0.3, -0.25) is 9.59 Å². The van der Waals surface area contributed by atoms with Crippen molar-refractivity contribution in [1.29, 1.82) is 0 Å². The number of aliphatic hydroxyl groups is 1. The van der Waals surface area contributed by atoms with Crippen molar-refractivity contribution in [3.63, 3.8) is 0 Å². The second-order valence-electron chi connectivity index (χ2n) is 7.09. The van der Waals surface area contributed by atoms with Crippen molar-refractivity contribution in [2.45, 2.75) is 26.3 Å². The van der Waals surface area contributed by atoms with E-state index in [1.165, 1.54) is 30.5 Å². The highest BCUT2D eigenvalue weighted by Gasteiger charge is 2.45. The van der Waals surface area contributed by atoms with E-state index in [0.29, 0.717) is 47.2 Å². The van der Waals surface area contributed by atoms with Gasteiger partial charge in [-0.2, -0.15) is 0 Å². The normalized spacial score (nSPS) is 16.2. The number of ether oxygens (including phenoxy) is 3. The van der Waals surface area contributed by atoms with Crippen LogP contribution in [0.5, 0.6) is 11.5 Å². The van der Waals surface area contributed by atoms with E-state index >= 15 is 0 Å². The minimum absolute atomic E-state index is 0.0146. The molecule has 0 saturated carbocycles. The zero-order chi connectivity index (χ0) is 22.7. The molecule has 3 rings (SSSR count). The Labute approximate surface area is 185 Å². The molecule has 1 amide bonds. The molecule has 0 spiro atoms. The van der Waals surface area contributed by atoms with E-state index in [9.17, 15) is 14.7 Å². The third kappa shape index (κ3) is 4.28. The number of benzene rings is 1. The van der Waals surface area contributed by atoms with Crippen molar-refractivity contribution < 1.29 is 28.9 Å². The molecular formula is C22H26N2O6S. The molecule has 0 saturated heterocycles. The average Bonchev–Trinajstić information content (AvgIpc) is 3.23. The first-order valence-electron chi connectivity index (χ1n) is 9.77. The fraction of sp³-hybridized carbons (Fsp3) is 0.409. The SMILES string of the molecule is COCCCN1C(=O)C(O)=C(C(=O)c2sc(C)nc2C)C1c1cc(OC)ccc1OC. The van der Waals surface area contributed by atoms with Crippen LogP contribution in [0.2, 0.25) is 0 Å². The summed E-state index contributed by atoms with van der Waals surface area (Å²) in [5.41, 5.74) is 1.13. The lowest BCUT2D eigenvalue weighted by molar-refractivity contribution is -0.129. The lowest BCUT2D eigenvalue weighted by Gasteiger charge is -2.28. The first-order valence-corrected chi connectivity index (χ1v) is 10.6. The summed E-state index contributed by atoms with van der Waals surface area (Å²) < 4.78 is 16.0. The summed E-state index contributed by atoms with van der Waals surface area (Å²) in [7, 11) is 4.62. The molecule has 8 nitrogen and oxygen atoms in total. The van der Waals surface area contributed by atoms with Crippen LogP contribution in [0, 0.1) is 13.8 Å². The highest BCUT2D eigenvalue weighted by Crippen LogP contribution is 2.44. The maximum absolute atomic E-state index is 13.5. The number of hydrogen-bond donors (Lipinski definition) is 1. The van der Waals surface area contributed by atoms with Gasteiger partial charge in [0.1, 0.15) is 11.5 Å². The second-order valence-corrected chi connectivity index (χ2v) is 8.30. The smallest absolute Gasteiger partial charge is 0.290 e. The summed E-state index contributed by atoms with van der Waals surface area (Å²) in [4.78, 5) is 32.7. The standard InChI is InChI=1S/C22H26N2O6S/c1-12-21(31-13(2)23-12)19(25)17-18(15-11-14(29-4)7-8-16(15)30-5)24(9-6-10-28-3)22(27)20(17)26/h7-8,11,18,26H,6,9-10H2,1-5H3. The van der Waals surface area contributed by atoms with Gasteiger partial charge in [0.15, 0.2) is 5.76 Å². The molecule has 9 heteroatoms. The van der Waals surface area contributed by atoms with Crippen molar-refractivity contribution in [3.05, 3.63) is 50.7 Å². The topological polar surface area (TPSA) is 98.2 Å². The molecule has 0 radical (unpaired) electrons. The Morgan fingerprint density at radius 3 is 2.55 bits per heavy atom. The van der Waals surface area contributed by atoms with E-state index in [-0.39, 0.29) is 5.57 Å². The lowest BCUT2D eigenvalue weighted by atomic mass is 9.94. The van der Waals surface area contributed by atoms with Crippen LogP contribution in [-0.4, -0.2) is 61.2 Å². The first kappa shape index (κ1) is 22.8. The number of aryl methyl sites for hydroxylation is 2. The molecule has 0 aliphatic carbocycles. The Morgan fingerprint density at radius 1 is 1.23 bits per heavy atom. The monoisotopic (exact) mass is 446 g/mol. The van der Waals surface area contributed by atoms with Gasteiger partial charge in [0.05, 0.1) is 41.4 Å². The quantitative estimate of drug-likeness (QED) is 0.466. The molecule has 2 heterocycles. The molecule has 1 aromatic heterocycles. The Morgan fingerprint density at radius 2 is 1.97 bits per heavy atom. The number of nitrogens with zero attached hydrogens (tertiary/aromatic N) is 2. The third-order valence-corrected chi connectivity index (χ3v) is 6.21. The van der Waals surface area contributed by atoms with Crippen LogP contribution in [0.3, 0.4) is 0 Å². The average molecular weight is 447 g/mol. The molecule has 1 atom stereocenters. The molecule has 0 bridgehead atoms. The van der Waals surface area contributed by atoms with Crippen molar-refractivity contribution in [2.24, 2.45) is 0 Å². The maximum atomic E-state index is 13.5. The van der Waals surface area contributed by atoms with Gasteiger partial charge in [-0.25, -0.2) is 4.98 Å². The molecule has 31 heavy (non-hydrogen) atoms. The summed E-state index contributed by atoms with van der Waals surface area (Å²) in [6.45, 7) is 4.27. The lowest BCUT2D eigenvalue weighted by Crippen LogP contribution is -2.32. The Hall–Kier alpha value is -2.91. The Kier molecular flexibility index (Phi) is 6.97. The highest BCUT2D eigenvalue weighted by molar-refractivity contribution is 7.14. The molecule has 1 aromatic carbocycles. The minimum Gasteiger partial charge on any atom is -0.503 e. The number of aliphatic hydroxyl groups excluding tert-OH is 1. The summed E-state index contributed by atoms with van der Waals surface area (Å²) in [5, 5.41) is 11.5. The summed E-state index contributed by atoms with van der Waals surface area (Å²) in [6, 6.07) is 4.34. The van der Waals surface area contributed by atoms with Gasteiger partial charge in [-0.1, -0.05) is 0 Å². The zero-order valence-electron chi connectivity index (χ0n) is 18.2. The number of aromatic nitrogens is 1. The highest BCUT2D eigenvalue weighted by atomic mass is 32.1. The van der Waals surface area contributed by atoms with Gasteiger partial charge in [-0.15, -0.1) is 11.3 Å². The van der Waals surface area contributed by atoms with Crippen LogP contribution in [0.1, 0.15) is 38.4 Å². The third-order valence-electron chi connectivity index (χ3n) is 5.14. The summed E-state index contributed by atoms with van der Waals surface area (Å²) >= 11 is 1.24. The first-order chi connectivity index (χ1) is 14.8. The molecule has 1 N–H and O–H groups in total. The number of Topliss-reactive ketones (excluding diaryl/α,β-unsaturated/α-hetero) is 1. The molecule has 0 fully saturated rings. The molecule has 166 valence electrons. The van der Waals surface area contributed by atoms with E-state index in [4.69, 9.17) is 14.2 Å². The van der Waals surface area contributed by atoms with Gasteiger partial charge in [-0.05, 0) is 38.5 Å². The van der Waals surface area contributed by atoms with Crippen molar-refractivity contribution in [2.75, 3.05) is 34.5 Å².